The second kappa shape index (κ2) is 5.64. The quantitative estimate of drug-likeness (QED) is 0.700. The predicted octanol–water partition coefficient (Wildman–Crippen LogP) is 0.605. The molecule has 1 fully saturated rings. The second-order valence-electron chi connectivity index (χ2n) is 5.38. The van der Waals surface area contributed by atoms with Gasteiger partial charge in [-0.2, -0.15) is 0 Å². The Kier molecular flexibility index (Phi) is 4.74. The van der Waals surface area contributed by atoms with E-state index < -0.39 is 0 Å². The van der Waals surface area contributed by atoms with Crippen LogP contribution in [-0.2, 0) is 4.79 Å². The molecule has 0 aromatic rings. The number of hydrogen-bond acceptors (Lipinski definition) is 3. The van der Waals surface area contributed by atoms with Gasteiger partial charge in [-0.1, -0.05) is 13.8 Å². The maximum Gasteiger partial charge on any atom is 0.239 e. The van der Waals surface area contributed by atoms with Gasteiger partial charge >= 0.3 is 0 Å². The molecule has 4 heteroatoms. The second-order valence-corrected chi connectivity index (χ2v) is 5.38. The van der Waals surface area contributed by atoms with Crippen molar-refractivity contribution >= 4 is 5.91 Å². The standard InChI is InChI=1S/C12H24N2O2/c1-12(2,6-4-8-15)9-14-7-5-10(13-3)11(14)16/h10,13,15H,4-9H2,1-3H3. The van der Waals surface area contributed by atoms with Crippen molar-refractivity contribution in [1.82, 2.24) is 10.2 Å². The summed E-state index contributed by atoms with van der Waals surface area (Å²) in [7, 11) is 1.84. The number of carbonyl (C=O) groups excluding carboxylic acids is 1. The Labute approximate surface area is 98.0 Å². The molecular formula is C12H24N2O2. The topological polar surface area (TPSA) is 52.6 Å². The average Bonchev–Trinajstić information content (AvgIpc) is 2.57. The molecule has 1 saturated heterocycles. The average molecular weight is 228 g/mol. The lowest BCUT2D eigenvalue weighted by Crippen LogP contribution is -2.40. The zero-order valence-corrected chi connectivity index (χ0v) is 10.6. The van der Waals surface area contributed by atoms with Gasteiger partial charge in [-0.25, -0.2) is 0 Å². The van der Waals surface area contributed by atoms with E-state index >= 15 is 0 Å². The first-order chi connectivity index (χ1) is 7.50. The highest BCUT2D eigenvalue weighted by Gasteiger charge is 2.33. The summed E-state index contributed by atoms with van der Waals surface area (Å²) < 4.78 is 0. The molecule has 4 nitrogen and oxygen atoms in total. The first-order valence-electron chi connectivity index (χ1n) is 6.07. The Balaban J connectivity index is 2.45. The normalized spacial score (nSPS) is 21.9. The fraction of sp³-hybridized carbons (Fsp3) is 0.917. The molecule has 94 valence electrons. The Morgan fingerprint density at radius 1 is 1.56 bits per heavy atom. The van der Waals surface area contributed by atoms with Gasteiger partial charge in [-0.05, 0) is 31.7 Å². The maximum atomic E-state index is 11.9. The van der Waals surface area contributed by atoms with Crippen LogP contribution in [0.2, 0.25) is 0 Å². The van der Waals surface area contributed by atoms with Gasteiger partial charge in [0.25, 0.3) is 0 Å². The Bertz CT molecular complexity index is 241. The third kappa shape index (κ3) is 3.46. The summed E-state index contributed by atoms with van der Waals surface area (Å²) in [6.45, 7) is 6.19. The van der Waals surface area contributed by atoms with E-state index in [4.69, 9.17) is 5.11 Å². The van der Waals surface area contributed by atoms with Crippen LogP contribution >= 0.6 is 0 Å². The van der Waals surface area contributed by atoms with E-state index in [1.807, 2.05) is 11.9 Å². The van der Waals surface area contributed by atoms with Gasteiger partial charge in [0.2, 0.25) is 5.91 Å². The number of nitrogens with one attached hydrogen (secondary N) is 1. The third-order valence-electron chi connectivity index (χ3n) is 3.28. The van der Waals surface area contributed by atoms with Gasteiger partial charge < -0.3 is 15.3 Å². The lowest BCUT2D eigenvalue weighted by Gasteiger charge is -2.30. The molecule has 1 rings (SSSR count). The van der Waals surface area contributed by atoms with Crippen LogP contribution in [0.15, 0.2) is 0 Å². The SMILES string of the molecule is CNC1CCN(CC(C)(C)CCCO)C1=O. The summed E-state index contributed by atoms with van der Waals surface area (Å²) in [6, 6.07) is 0.00800. The van der Waals surface area contributed by atoms with E-state index in [2.05, 4.69) is 19.2 Å². The van der Waals surface area contributed by atoms with Crippen molar-refractivity contribution in [3.05, 3.63) is 0 Å². The molecule has 0 aromatic carbocycles. The molecular weight excluding hydrogens is 204 g/mol. The Morgan fingerprint density at radius 3 is 2.75 bits per heavy atom. The lowest BCUT2D eigenvalue weighted by molar-refractivity contribution is -0.130. The minimum absolute atomic E-state index is 0.00800. The molecule has 1 heterocycles. The molecule has 0 bridgehead atoms. The molecule has 16 heavy (non-hydrogen) atoms. The van der Waals surface area contributed by atoms with Crippen LogP contribution in [0.5, 0.6) is 0 Å². The van der Waals surface area contributed by atoms with Crippen molar-refractivity contribution in [2.45, 2.75) is 39.2 Å². The van der Waals surface area contributed by atoms with Gasteiger partial charge in [-0.15, -0.1) is 0 Å². The number of aliphatic hydroxyl groups excluding tert-OH is 1. The van der Waals surface area contributed by atoms with E-state index in [1.54, 1.807) is 0 Å². The Hall–Kier alpha value is -0.610. The molecule has 1 aliphatic heterocycles. The molecule has 0 radical (unpaired) electrons. The van der Waals surface area contributed by atoms with Crippen molar-refractivity contribution in [1.29, 1.82) is 0 Å². The monoisotopic (exact) mass is 228 g/mol. The van der Waals surface area contributed by atoms with Crippen molar-refractivity contribution in [2.75, 3.05) is 26.7 Å². The van der Waals surface area contributed by atoms with E-state index in [0.717, 1.165) is 32.4 Å². The number of likely N-dealkylation sites (N-methyl/N-ethyl adjacent to an activating group) is 1. The number of aliphatic hydroxyl groups is 1. The minimum atomic E-state index is 0.00800. The van der Waals surface area contributed by atoms with Gasteiger partial charge in [0.05, 0.1) is 6.04 Å². The highest BCUT2D eigenvalue weighted by Crippen LogP contribution is 2.25. The van der Waals surface area contributed by atoms with Crippen LogP contribution in [0.3, 0.4) is 0 Å². The zero-order chi connectivity index (χ0) is 12.2. The lowest BCUT2D eigenvalue weighted by atomic mass is 9.87. The molecule has 1 atom stereocenters. The van der Waals surface area contributed by atoms with Gasteiger partial charge in [0, 0.05) is 19.7 Å². The summed E-state index contributed by atoms with van der Waals surface area (Å²) in [4.78, 5) is 13.8. The number of amides is 1. The fourth-order valence-electron chi connectivity index (χ4n) is 2.32. The van der Waals surface area contributed by atoms with Crippen LogP contribution in [0.25, 0.3) is 0 Å². The van der Waals surface area contributed by atoms with Crippen molar-refractivity contribution in [3.63, 3.8) is 0 Å². The van der Waals surface area contributed by atoms with Crippen LogP contribution in [0.1, 0.15) is 33.1 Å². The van der Waals surface area contributed by atoms with E-state index in [-0.39, 0.29) is 24.0 Å². The summed E-state index contributed by atoms with van der Waals surface area (Å²) in [5, 5.41) is 11.9. The van der Waals surface area contributed by atoms with Crippen molar-refractivity contribution < 1.29 is 9.90 Å². The van der Waals surface area contributed by atoms with Crippen LogP contribution in [0.4, 0.5) is 0 Å². The molecule has 1 amide bonds. The van der Waals surface area contributed by atoms with E-state index in [9.17, 15) is 4.79 Å². The summed E-state index contributed by atoms with van der Waals surface area (Å²) in [5.74, 6) is 0.222. The number of likely N-dealkylation sites (tertiary alicyclic amines) is 1. The largest absolute Gasteiger partial charge is 0.396 e. The number of carbonyl (C=O) groups is 1. The molecule has 0 aromatic heterocycles. The molecule has 1 aliphatic rings. The molecule has 0 spiro atoms. The number of hydrogen-bond donors (Lipinski definition) is 2. The summed E-state index contributed by atoms with van der Waals surface area (Å²) >= 11 is 0. The highest BCUT2D eigenvalue weighted by molar-refractivity contribution is 5.83. The minimum Gasteiger partial charge on any atom is -0.396 e. The van der Waals surface area contributed by atoms with Crippen molar-refractivity contribution in [3.8, 4) is 0 Å². The smallest absolute Gasteiger partial charge is 0.239 e. The van der Waals surface area contributed by atoms with Gasteiger partial charge in [0.15, 0.2) is 0 Å². The van der Waals surface area contributed by atoms with Crippen LogP contribution < -0.4 is 5.32 Å². The van der Waals surface area contributed by atoms with E-state index in [0.29, 0.717) is 0 Å². The summed E-state index contributed by atoms with van der Waals surface area (Å²) in [6.07, 6.45) is 2.67. The maximum absolute atomic E-state index is 11.9. The van der Waals surface area contributed by atoms with Crippen LogP contribution in [0, 0.1) is 5.41 Å². The van der Waals surface area contributed by atoms with Gasteiger partial charge in [-0.3, -0.25) is 4.79 Å². The number of nitrogens with zero attached hydrogens (tertiary/aromatic N) is 1. The van der Waals surface area contributed by atoms with Crippen molar-refractivity contribution in [2.24, 2.45) is 5.41 Å². The van der Waals surface area contributed by atoms with Crippen LogP contribution in [-0.4, -0.2) is 48.7 Å². The van der Waals surface area contributed by atoms with E-state index in [1.165, 1.54) is 0 Å². The first kappa shape index (κ1) is 13.5. The predicted molar refractivity (Wildman–Crippen MR) is 64.1 cm³/mol. The summed E-state index contributed by atoms with van der Waals surface area (Å²) in [5.41, 5.74) is 0.0982. The molecule has 0 aliphatic carbocycles. The molecule has 2 N–H and O–H groups in total. The van der Waals surface area contributed by atoms with Gasteiger partial charge in [0.1, 0.15) is 0 Å². The number of rotatable bonds is 6. The molecule has 1 unspecified atom stereocenters. The molecule has 0 saturated carbocycles. The fourth-order valence-corrected chi connectivity index (χ4v) is 2.32. The highest BCUT2D eigenvalue weighted by atomic mass is 16.2. The third-order valence-corrected chi connectivity index (χ3v) is 3.28. The Morgan fingerprint density at radius 2 is 2.25 bits per heavy atom. The zero-order valence-electron chi connectivity index (χ0n) is 10.6. The first-order valence-corrected chi connectivity index (χ1v) is 6.07.